The van der Waals surface area contributed by atoms with Gasteiger partial charge in [-0.1, -0.05) is 6.07 Å². The molecular weight excluding hydrogens is 310 g/mol. The number of hydrogen-bond donors (Lipinski definition) is 1. The molecule has 1 aromatic heterocycles. The number of nitrogens with two attached hydrogens (primary N) is 1. The van der Waals surface area contributed by atoms with Crippen LogP contribution in [0, 0.1) is 0 Å². The van der Waals surface area contributed by atoms with Crippen LogP contribution in [0.5, 0.6) is 0 Å². The molecule has 0 radical (unpaired) electrons. The van der Waals surface area contributed by atoms with Gasteiger partial charge in [0.25, 0.3) is 0 Å². The Balaban J connectivity index is 2.17. The molecule has 0 aliphatic heterocycles. The molecule has 1 heterocycles. The van der Waals surface area contributed by atoms with Crippen molar-refractivity contribution in [3.63, 3.8) is 0 Å². The smallest absolute Gasteiger partial charge is 0.183 e. The summed E-state index contributed by atoms with van der Waals surface area (Å²) in [6.07, 6.45) is 1.94. The van der Waals surface area contributed by atoms with E-state index in [1.54, 1.807) is 11.8 Å². The third-order valence-corrected chi connectivity index (χ3v) is 3.65. The van der Waals surface area contributed by atoms with Gasteiger partial charge in [0.1, 0.15) is 0 Å². The first kappa shape index (κ1) is 14.0. The average molecular weight is 326 g/mol. The van der Waals surface area contributed by atoms with Crippen LogP contribution < -0.4 is 5.73 Å². The number of hydrogen-bond acceptors (Lipinski definition) is 5. The molecule has 0 bridgehead atoms. The van der Waals surface area contributed by atoms with Crippen molar-refractivity contribution in [3.8, 4) is 11.4 Å². The van der Waals surface area contributed by atoms with Gasteiger partial charge in [-0.15, -0.1) is 5.10 Å². The zero-order chi connectivity index (χ0) is 13.7. The number of halogens is 1. The Morgan fingerprint density at radius 1 is 1.37 bits per heavy atom. The van der Waals surface area contributed by atoms with Gasteiger partial charge in [-0.05, 0) is 51.3 Å². The van der Waals surface area contributed by atoms with Gasteiger partial charge in [0.05, 0.1) is 4.47 Å². The van der Waals surface area contributed by atoms with Gasteiger partial charge in [0.2, 0.25) is 0 Å². The van der Waals surface area contributed by atoms with Gasteiger partial charge in [0, 0.05) is 31.5 Å². The summed E-state index contributed by atoms with van der Waals surface area (Å²) in [5.74, 6) is 0.719. The summed E-state index contributed by atoms with van der Waals surface area (Å²) in [5, 5.41) is 11.8. The summed E-state index contributed by atoms with van der Waals surface area (Å²) >= 11 is 3.47. The van der Waals surface area contributed by atoms with Crippen molar-refractivity contribution in [2.24, 2.45) is 0 Å². The number of ether oxygens (including phenoxy) is 1. The third-order valence-electron chi connectivity index (χ3n) is 2.77. The topological polar surface area (TPSA) is 78.8 Å². The van der Waals surface area contributed by atoms with Crippen LogP contribution in [0.3, 0.4) is 0 Å². The van der Waals surface area contributed by atoms with E-state index in [2.05, 4.69) is 31.5 Å². The first-order valence-electron chi connectivity index (χ1n) is 6.03. The number of nitrogens with zero attached hydrogens (tertiary/aromatic N) is 4. The molecule has 2 aromatic rings. The Morgan fingerprint density at radius 2 is 2.21 bits per heavy atom. The lowest BCUT2D eigenvalue weighted by Crippen LogP contribution is -2.05. The lowest BCUT2D eigenvalue weighted by atomic mass is 10.2. The highest BCUT2D eigenvalue weighted by molar-refractivity contribution is 9.10. The Hall–Kier alpha value is -1.47. The van der Waals surface area contributed by atoms with Crippen LogP contribution in [0.2, 0.25) is 0 Å². The monoisotopic (exact) mass is 325 g/mol. The SMILES string of the molecule is COCCCCn1nnnc1-c1cccc(N)c1Br. The molecule has 6 nitrogen and oxygen atoms in total. The van der Waals surface area contributed by atoms with E-state index in [4.69, 9.17) is 10.5 Å². The van der Waals surface area contributed by atoms with Crippen LogP contribution in [0.1, 0.15) is 12.8 Å². The zero-order valence-electron chi connectivity index (χ0n) is 10.7. The van der Waals surface area contributed by atoms with Crippen LogP contribution in [-0.2, 0) is 11.3 Å². The fraction of sp³-hybridized carbons (Fsp3) is 0.417. The summed E-state index contributed by atoms with van der Waals surface area (Å²) in [4.78, 5) is 0. The molecule has 19 heavy (non-hydrogen) atoms. The van der Waals surface area contributed by atoms with Gasteiger partial charge in [0.15, 0.2) is 5.82 Å². The fourth-order valence-corrected chi connectivity index (χ4v) is 2.22. The third kappa shape index (κ3) is 3.30. The van der Waals surface area contributed by atoms with Gasteiger partial charge in [-0.2, -0.15) is 0 Å². The molecule has 2 rings (SSSR count). The molecule has 1 aromatic carbocycles. The van der Waals surface area contributed by atoms with Gasteiger partial charge < -0.3 is 10.5 Å². The number of nitrogen functional groups attached to an aromatic ring is 1. The standard InChI is InChI=1S/C12H16BrN5O/c1-19-8-3-2-7-18-12(15-16-17-18)9-5-4-6-10(14)11(9)13/h4-6H,2-3,7-8,14H2,1H3. The van der Waals surface area contributed by atoms with Gasteiger partial charge in [-0.25, -0.2) is 4.68 Å². The fourth-order valence-electron chi connectivity index (χ4n) is 1.78. The minimum absolute atomic E-state index is 0.673. The summed E-state index contributed by atoms with van der Waals surface area (Å²) in [6, 6.07) is 5.66. The highest BCUT2D eigenvalue weighted by Crippen LogP contribution is 2.30. The largest absolute Gasteiger partial charge is 0.398 e. The summed E-state index contributed by atoms with van der Waals surface area (Å²) in [7, 11) is 1.70. The number of methoxy groups -OCH3 is 1. The zero-order valence-corrected chi connectivity index (χ0v) is 12.3. The van der Waals surface area contributed by atoms with E-state index < -0.39 is 0 Å². The van der Waals surface area contributed by atoms with Crippen molar-refractivity contribution in [2.75, 3.05) is 19.5 Å². The van der Waals surface area contributed by atoms with E-state index in [9.17, 15) is 0 Å². The van der Waals surface area contributed by atoms with Crippen LogP contribution in [0.4, 0.5) is 5.69 Å². The minimum atomic E-state index is 0.673. The molecule has 2 N–H and O–H groups in total. The first-order chi connectivity index (χ1) is 9.24. The number of unbranched alkanes of at least 4 members (excludes halogenated alkanes) is 1. The van der Waals surface area contributed by atoms with Crippen molar-refractivity contribution in [2.45, 2.75) is 19.4 Å². The second-order valence-electron chi connectivity index (χ2n) is 4.13. The molecule has 0 fully saturated rings. The Labute approximate surface area is 120 Å². The first-order valence-corrected chi connectivity index (χ1v) is 6.83. The maximum atomic E-state index is 5.88. The molecule has 7 heteroatoms. The van der Waals surface area contributed by atoms with Crippen molar-refractivity contribution in [1.29, 1.82) is 0 Å². The number of anilines is 1. The normalized spacial score (nSPS) is 10.8. The second kappa shape index (κ2) is 6.63. The van der Waals surface area contributed by atoms with Crippen LogP contribution in [0.25, 0.3) is 11.4 Å². The maximum absolute atomic E-state index is 5.88. The van der Waals surface area contributed by atoms with E-state index in [1.165, 1.54) is 0 Å². The van der Waals surface area contributed by atoms with Crippen molar-refractivity contribution < 1.29 is 4.74 Å². The van der Waals surface area contributed by atoms with E-state index in [0.29, 0.717) is 5.69 Å². The van der Waals surface area contributed by atoms with E-state index >= 15 is 0 Å². The van der Waals surface area contributed by atoms with Crippen molar-refractivity contribution in [3.05, 3.63) is 22.7 Å². The highest BCUT2D eigenvalue weighted by Gasteiger charge is 2.13. The predicted octanol–water partition coefficient (Wildman–Crippen LogP) is 2.11. The quantitative estimate of drug-likeness (QED) is 0.650. The van der Waals surface area contributed by atoms with E-state index in [-0.39, 0.29) is 0 Å². The van der Waals surface area contributed by atoms with Gasteiger partial charge in [-0.3, -0.25) is 0 Å². The van der Waals surface area contributed by atoms with Crippen molar-refractivity contribution >= 4 is 21.6 Å². The molecule has 102 valence electrons. The summed E-state index contributed by atoms with van der Waals surface area (Å²) < 4.78 is 7.64. The summed E-state index contributed by atoms with van der Waals surface area (Å²) in [6.45, 7) is 1.51. The number of rotatable bonds is 6. The number of tetrazole rings is 1. The lowest BCUT2D eigenvalue weighted by Gasteiger charge is -2.07. The van der Waals surface area contributed by atoms with E-state index in [1.807, 2.05) is 18.2 Å². The molecule has 0 saturated heterocycles. The Morgan fingerprint density at radius 3 is 3.00 bits per heavy atom. The van der Waals surface area contributed by atoms with E-state index in [0.717, 1.165) is 41.9 Å². The molecule has 0 aliphatic rings. The number of aromatic nitrogens is 4. The molecule has 0 aliphatic carbocycles. The predicted molar refractivity (Wildman–Crippen MR) is 76.5 cm³/mol. The Bertz CT molecular complexity index is 543. The molecule has 0 amide bonds. The average Bonchev–Trinajstić information content (AvgIpc) is 2.86. The molecule has 0 unspecified atom stereocenters. The molecule has 0 saturated carbocycles. The second-order valence-corrected chi connectivity index (χ2v) is 4.93. The highest BCUT2D eigenvalue weighted by atomic mass is 79.9. The number of benzene rings is 1. The van der Waals surface area contributed by atoms with Crippen molar-refractivity contribution in [1.82, 2.24) is 20.2 Å². The molecule has 0 spiro atoms. The molecule has 0 atom stereocenters. The lowest BCUT2D eigenvalue weighted by molar-refractivity contribution is 0.191. The van der Waals surface area contributed by atoms with Crippen LogP contribution in [-0.4, -0.2) is 33.9 Å². The number of aryl methyl sites for hydroxylation is 1. The minimum Gasteiger partial charge on any atom is -0.398 e. The Kier molecular flexibility index (Phi) is 4.86. The van der Waals surface area contributed by atoms with Crippen LogP contribution in [0.15, 0.2) is 22.7 Å². The maximum Gasteiger partial charge on any atom is 0.183 e. The van der Waals surface area contributed by atoms with Gasteiger partial charge >= 0.3 is 0 Å². The summed E-state index contributed by atoms with van der Waals surface area (Å²) in [5.41, 5.74) is 7.45. The van der Waals surface area contributed by atoms with Crippen LogP contribution >= 0.6 is 15.9 Å². The molecular formula is C12H16BrN5O.